The molecule has 2 rings (SSSR count). The van der Waals surface area contributed by atoms with Gasteiger partial charge in [0, 0.05) is 12.6 Å². The lowest BCUT2D eigenvalue weighted by molar-refractivity contribution is -0.126. The summed E-state index contributed by atoms with van der Waals surface area (Å²) in [5.74, 6) is 0.799. The van der Waals surface area contributed by atoms with E-state index >= 15 is 0 Å². The summed E-state index contributed by atoms with van der Waals surface area (Å²) in [5.41, 5.74) is 0. The lowest BCUT2D eigenvalue weighted by Crippen LogP contribution is -2.53. The Morgan fingerprint density at radius 1 is 1.57 bits per heavy atom. The predicted molar refractivity (Wildman–Crippen MR) is 52.9 cm³/mol. The van der Waals surface area contributed by atoms with Crippen LogP contribution in [0.15, 0.2) is 0 Å². The zero-order valence-corrected chi connectivity index (χ0v) is 8.58. The Morgan fingerprint density at radius 2 is 2.36 bits per heavy atom. The molecule has 2 atom stereocenters. The summed E-state index contributed by atoms with van der Waals surface area (Å²) in [5, 5.41) is 6.18. The lowest BCUT2D eigenvalue weighted by atomic mass is 10.2. The van der Waals surface area contributed by atoms with Crippen LogP contribution in [0.2, 0.25) is 0 Å². The first-order chi connectivity index (χ1) is 6.77. The molecular weight excluding hydrogens is 180 g/mol. The van der Waals surface area contributed by atoms with Crippen LogP contribution in [0.4, 0.5) is 0 Å². The molecule has 0 aromatic rings. The third-order valence-corrected chi connectivity index (χ3v) is 2.94. The van der Waals surface area contributed by atoms with Crippen molar-refractivity contribution in [2.45, 2.75) is 31.8 Å². The minimum Gasteiger partial charge on any atom is -0.378 e. The normalized spacial score (nSPS) is 29.6. The molecule has 2 N–H and O–H groups in total. The molecule has 1 aliphatic carbocycles. The van der Waals surface area contributed by atoms with Gasteiger partial charge in [-0.3, -0.25) is 4.79 Å². The number of carbonyl (C=O) groups excluding carboxylic acids is 1. The fourth-order valence-corrected chi connectivity index (χ4v) is 1.77. The molecule has 2 aliphatic rings. The van der Waals surface area contributed by atoms with Crippen LogP contribution in [-0.4, -0.2) is 37.7 Å². The molecule has 1 amide bonds. The first-order valence-electron chi connectivity index (χ1n) is 5.39. The maximum Gasteiger partial charge on any atom is 0.239 e. The molecule has 4 nitrogen and oxygen atoms in total. The molecule has 14 heavy (non-hydrogen) atoms. The van der Waals surface area contributed by atoms with E-state index in [1.54, 1.807) is 0 Å². The maximum atomic E-state index is 11.7. The SMILES string of the molecule is CC(NC(=O)C1COCCN1)C1CC1. The van der Waals surface area contributed by atoms with Gasteiger partial charge in [-0.1, -0.05) is 0 Å². The second kappa shape index (κ2) is 4.28. The van der Waals surface area contributed by atoms with Crippen LogP contribution in [0.5, 0.6) is 0 Å². The summed E-state index contributed by atoms with van der Waals surface area (Å²) in [6.07, 6.45) is 2.52. The predicted octanol–water partition coefficient (Wildman–Crippen LogP) is -0.111. The van der Waals surface area contributed by atoms with Gasteiger partial charge in [0.15, 0.2) is 0 Å². The number of nitrogens with one attached hydrogen (secondary N) is 2. The smallest absolute Gasteiger partial charge is 0.239 e. The van der Waals surface area contributed by atoms with Crippen molar-refractivity contribution in [3.8, 4) is 0 Å². The van der Waals surface area contributed by atoms with Gasteiger partial charge >= 0.3 is 0 Å². The number of ether oxygens (including phenoxy) is 1. The highest BCUT2D eigenvalue weighted by Gasteiger charge is 2.31. The van der Waals surface area contributed by atoms with Crippen LogP contribution < -0.4 is 10.6 Å². The van der Waals surface area contributed by atoms with Crippen LogP contribution in [0.1, 0.15) is 19.8 Å². The molecule has 4 heteroatoms. The van der Waals surface area contributed by atoms with E-state index in [1.165, 1.54) is 12.8 Å². The fraction of sp³-hybridized carbons (Fsp3) is 0.900. The van der Waals surface area contributed by atoms with Gasteiger partial charge in [0.2, 0.25) is 5.91 Å². The van der Waals surface area contributed by atoms with Crippen molar-refractivity contribution in [2.75, 3.05) is 19.8 Å². The minimum atomic E-state index is -0.148. The summed E-state index contributed by atoms with van der Waals surface area (Å²) in [4.78, 5) is 11.7. The van der Waals surface area contributed by atoms with Crippen molar-refractivity contribution in [2.24, 2.45) is 5.92 Å². The number of hydrogen-bond donors (Lipinski definition) is 2. The van der Waals surface area contributed by atoms with Gasteiger partial charge in [-0.25, -0.2) is 0 Å². The summed E-state index contributed by atoms with van der Waals surface area (Å²) < 4.78 is 5.24. The molecule has 0 aromatic heterocycles. The lowest BCUT2D eigenvalue weighted by Gasteiger charge is -2.24. The molecule has 0 radical (unpaired) electrons. The highest BCUT2D eigenvalue weighted by molar-refractivity contribution is 5.82. The molecule has 2 fully saturated rings. The van der Waals surface area contributed by atoms with E-state index in [0.29, 0.717) is 25.2 Å². The molecule has 80 valence electrons. The Balaban J connectivity index is 1.75. The summed E-state index contributed by atoms with van der Waals surface area (Å²) in [6, 6.07) is 0.177. The van der Waals surface area contributed by atoms with Crippen molar-refractivity contribution in [1.82, 2.24) is 10.6 Å². The first kappa shape index (κ1) is 9.93. The van der Waals surface area contributed by atoms with Crippen LogP contribution in [0.3, 0.4) is 0 Å². The van der Waals surface area contributed by atoms with E-state index in [2.05, 4.69) is 17.6 Å². The van der Waals surface area contributed by atoms with Crippen LogP contribution >= 0.6 is 0 Å². The second-order valence-corrected chi connectivity index (χ2v) is 4.22. The van der Waals surface area contributed by atoms with Gasteiger partial charge in [-0.15, -0.1) is 0 Å². The third-order valence-electron chi connectivity index (χ3n) is 2.94. The topological polar surface area (TPSA) is 50.4 Å². The highest BCUT2D eigenvalue weighted by atomic mass is 16.5. The molecule has 1 heterocycles. The Labute approximate surface area is 84.4 Å². The van der Waals surface area contributed by atoms with Crippen molar-refractivity contribution in [3.63, 3.8) is 0 Å². The highest BCUT2D eigenvalue weighted by Crippen LogP contribution is 2.32. The zero-order valence-electron chi connectivity index (χ0n) is 8.58. The Hall–Kier alpha value is -0.610. The summed E-state index contributed by atoms with van der Waals surface area (Å²) in [7, 11) is 0. The van der Waals surface area contributed by atoms with Gasteiger partial charge in [0.05, 0.1) is 13.2 Å². The minimum absolute atomic E-state index is 0.0871. The van der Waals surface area contributed by atoms with E-state index in [-0.39, 0.29) is 11.9 Å². The first-order valence-corrected chi connectivity index (χ1v) is 5.39. The van der Waals surface area contributed by atoms with Crippen molar-refractivity contribution < 1.29 is 9.53 Å². The van der Waals surface area contributed by atoms with E-state index in [1.807, 2.05) is 0 Å². The molecule has 2 unspecified atom stereocenters. The zero-order chi connectivity index (χ0) is 9.97. The molecule has 0 spiro atoms. The maximum absolute atomic E-state index is 11.7. The number of carbonyl (C=O) groups is 1. The Bertz CT molecular complexity index is 210. The monoisotopic (exact) mass is 198 g/mol. The van der Waals surface area contributed by atoms with Crippen molar-refractivity contribution >= 4 is 5.91 Å². The standard InChI is InChI=1S/C10H18N2O2/c1-7(8-2-3-8)12-10(13)9-6-14-5-4-11-9/h7-9,11H,2-6H2,1H3,(H,12,13). The van der Waals surface area contributed by atoms with E-state index < -0.39 is 0 Å². The van der Waals surface area contributed by atoms with E-state index in [9.17, 15) is 4.79 Å². The summed E-state index contributed by atoms with van der Waals surface area (Å²) >= 11 is 0. The van der Waals surface area contributed by atoms with Gasteiger partial charge in [-0.2, -0.15) is 0 Å². The number of hydrogen-bond acceptors (Lipinski definition) is 3. The summed E-state index contributed by atoms with van der Waals surface area (Å²) in [6.45, 7) is 4.07. The molecule has 1 saturated carbocycles. The second-order valence-electron chi connectivity index (χ2n) is 4.22. The molecule has 0 aromatic carbocycles. The number of amides is 1. The van der Waals surface area contributed by atoms with Crippen molar-refractivity contribution in [3.05, 3.63) is 0 Å². The molecule has 0 bridgehead atoms. The number of morpholine rings is 1. The van der Waals surface area contributed by atoms with Crippen LogP contribution in [0, 0.1) is 5.92 Å². The Morgan fingerprint density at radius 3 is 2.93 bits per heavy atom. The Kier molecular flexibility index (Phi) is 3.03. The fourth-order valence-electron chi connectivity index (χ4n) is 1.77. The largest absolute Gasteiger partial charge is 0.378 e. The van der Waals surface area contributed by atoms with Crippen molar-refractivity contribution in [1.29, 1.82) is 0 Å². The van der Waals surface area contributed by atoms with Crippen LogP contribution in [-0.2, 0) is 9.53 Å². The number of rotatable bonds is 3. The molecular formula is C10H18N2O2. The van der Waals surface area contributed by atoms with Gasteiger partial charge in [0.25, 0.3) is 0 Å². The van der Waals surface area contributed by atoms with Gasteiger partial charge in [-0.05, 0) is 25.7 Å². The van der Waals surface area contributed by atoms with Gasteiger partial charge < -0.3 is 15.4 Å². The van der Waals surface area contributed by atoms with Crippen LogP contribution in [0.25, 0.3) is 0 Å². The molecule has 1 saturated heterocycles. The third kappa shape index (κ3) is 2.45. The van der Waals surface area contributed by atoms with E-state index in [0.717, 1.165) is 6.54 Å². The molecule has 1 aliphatic heterocycles. The quantitative estimate of drug-likeness (QED) is 0.665. The van der Waals surface area contributed by atoms with E-state index in [4.69, 9.17) is 4.74 Å². The van der Waals surface area contributed by atoms with Gasteiger partial charge in [0.1, 0.15) is 6.04 Å². The average molecular weight is 198 g/mol. The average Bonchev–Trinajstić information content (AvgIpc) is 3.02.